The summed E-state index contributed by atoms with van der Waals surface area (Å²) in [6, 6.07) is 0. The van der Waals surface area contributed by atoms with Gasteiger partial charge in [-0.25, -0.2) is 0 Å². The third-order valence-electron chi connectivity index (χ3n) is 12.4. The molecule has 2 unspecified atom stereocenters. The molecule has 436 valence electrons. The highest BCUT2D eigenvalue weighted by Crippen LogP contribution is 2.15. The molecule has 0 aliphatic carbocycles. The summed E-state index contributed by atoms with van der Waals surface area (Å²) in [5, 5.41) is 11.8. The lowest BCUT2D eigenvalue weighted by molar-refractivity contribution is -0.870. The van der Waals surface area contributed by atoms with Crippen LogP contribution in [0.3, 0.4) is 0 Å². The van der Waals surface area contributed by atoms with Gasteiger partial charge >= 0.3 is 11.9 Å². The van der Waals surface area contributed by atoms with Crippen molar-refractivity contribution in [1.29, 1.82) is 0 Å². The number of quaternary nitrogens is 1. The first kappa shape index (κ1) is 72.4. The fourth-order valence-electron chi connectivity index (χ4n) is 7.80. The number of ether oxygens (including phenoxy) is 4. The minimum absolute atomic E-state index is 0.137. The molecule has 0 aromatic carbocycles. The number of unbranched alkanes of at least 4 members (excludes halogenated alkanes) is 17. The first-order valence-corrected chi connectivity index (χ1v) is 30.3. The summed E-state index contributed by atoms with van der Waals surface area (Å²) in [4.78, 5) is 37.3. The monoisotopic (exact) mass is 1070 g/mol. The number of carbonyl (C=O) groups excluding carboxylic acids is 3. The van der Waals surface area contributed by atoms with Gasteiger partial charge in [-0.2, -0.15) is 0 Å². The van der Waals surface area contributed by atoms with Crippen LogP contribution in [0.25, 0.3) is 0 Å². The van der Waals surface area contributed by atoms with Crippen molar-refractivity contribution in [2.75, 3.05) is 47.5 Å². The fourth-order valence-corrected chi connectivity index (χ4v) is 7.80. The first-order valence-electron chi connectivity index (χ1n) is 30.3. The van der Waals surface area contributed by atoms with Crippen molar-refractivity contribution in [3.8, 4) is 0 Å². The van der Waals surface area contributed by atoms with E-state index in [0.717, 1.165) is 116 Å². The van der Waals surface area contributed by atoms with Gasteiger partial charge in [-0.15, -0.1) is 0 Å². The van der Waals surface area contributed by atoms with Crippen LogP contribution in [0.2, 0.25) is 0 Å². The van der Waals surface area contributed by atoms with Crippen LogP contribution in [0, 0.1) is 0 Å². The second-order valence-corrected chi connectivity index (χ2v) is 20.9. The van der Waals surface area contributed by atoms with Gasteiger partial charge in [0.2, 0.25) is 0 Å². The summed E-state index contributed by atoms with van der Waals surface area (Å²) in [5.41, 5.74) is 0. The Morgan fingerprint density at radius 1 is 0.390 bits per heavy atom. The zero-order valence-electron chi connectivity index (χ0n) is 49.5. The van der Waals surface area contributed by atoms with E-state index in [-0.39, 0.29) is 38.6 Å². The summed E-state index contributed by atoms with van der Waals surface area (Å²) < 4.78 is 22.7. The third-order valence-corrected chi connectivity index (χ3v) is 12.4. The number of carbonyl (C=O) groups is 3. The highest BCUT2D eigenvalue weighted by molar-refractivity contribution is 5.70. The fraction of sp³-hybridized carbons (Fsp3) is 0.632. The van der Waals surface area contributed by atoms with Crippen LogP contribution in [0.5, 0.6) is 0 Å². The molecular formula is C68H111NO8. The van der Waals surface area contributed by atoms with Crippen LogP contribution in [0.15, 0.2) is 134 Å². The van der Waals surface area contributed by atoms with Crippen molar-refractivity contribution in [2.45, 2.75) is 232 Å². The molecule has 0 N–H and O–H groups in total. The molecule has 77 heavy (non-hydrogen) atoms. The number of allylic oxidation sites excluding steroid dienone is 22. The number of rotatable bonds is 54. The van der Waals surface area contributed by atoms with E-state index in [2.05, 4.69) is 148 Å². The zero-order chi connectivity index (χ0) is 56.2. The maximum Gasteiger partial charge on any atom is 0.306 e. The van der Waals surface area contributed by atoms with Crippen LogP contribution in [-0.2, 0) is 33.3 Å². The standard InChI is InChI=1S/C68H111NO8/c1-6-8-10-12-14-16-18-20-22-24-25-26-27-28-29-30-31-32-33-34-35-36-37-38-39-40-41-43-45-47-49-51-53-55-57-59-66(71)77-64(63-76-68(67(72)73)74-61-60-69(3,4)5)62-75-65(70)58-56-54-52-50-48-46-44-42-23-21-19-17-15-13-11-9-7-2/h8-11,14-17,20-23,25-26,28-29,31-32,34-35,44,46,64,68H,6-7,12-13,18-19,24,27,30,33,36-43,45,47-63H2,1-5H3/b10-8-,11-9-,16-14-,17-15-,22-20-,23-21-,26-25-,29-28-,32-31-,35-34-,46-44-. The topological polar surface area (TPSA) is 111 Å². The van der Waals surface area contributed by atoms with Crippen LogP contribution in [0.1, 0.15) is 219 Å². The Kier molecular flexibility index (Phi) is 54.2. The Morgan fingerprint density at radius 3 is 1.04 bits per heavy atom. The Morgan fingerprint density at radius 2 is 0.701 bits per heavy atom. The molecule has 9 nitrogen and oxygen atoms in total. The molecule has 0 spiro atoms. The Labute approximate surface area is 471 Å². The van der Waals surface area contributed by atoms with Crippen LogP contribution >= 0.6 is 0 Å². The van der Waals surface area contributed by atoms with Gasteiger partial charge < -0.3 is 33.3 Å². The maximum atomic E-state index is 12.9. The van der Waals surface area contributed by atoms with E-state index in [9.17, 15) is 19.5 Å². The molecule has 0 saturated heterocycles. The normalized spacial score (nSPS) is 13.7. The predicted molar refractivity (Wildman–Crippen MR) is 324 cm³/mol. The second kappa shape index (κ2) is 57.6. The average molecular weight is 1070 g/mol. The van der Waals surface area contributed by atoms with Crippen molar-refractivity contribution in [3.63, 3.8) is 0 Å². The number of carboxylic acids is 1. The zero-order valence-corrected chi connectivity index (χ0v) is 49.5. The van der Waals surface area contributed by atoms with Gasteiger partial charge in [-0.05, 0) is 109 Å². The molecule has 2 atom stereocenters. The second-order valence-electron chi connectivity index (χ2n) is 20.9. The van der Waals surface area contributed by atoms with Gasteiger partial charge in [-0.1, -0.05) is 231 Å². The molecule has 0 rings (SSSR count). The van der Waals surface area contributed by atoms with E-state index in [1.54, 1.807) is 0 Å². The number of aliphatic carboxylic acids is 1. The molecule has 0 bridgehead atoms. The first-order chi connectivity index (χ1) is 37.6. The van der Waals surface area contributed by atoms with Crippen LogP contribution < -0.4 is 5.11 Å². The van der Waals surface area contributed by atoms with Crippen molar-refractivity contribution in [2.24, 2.45) is 0 Å². The van der Waals surface area contributed by atoms with Crippen molar-refractivity contribution >= 4 is 17.9 Å². The lowest BCUT2D eigenvalue weighted by atomic mass is 10.0. The van der Waals surface area contributed by atoms with E-state index in [0.29, 0.717) is 23.9 Å². The molecule has 9 heteroatoms. The van der Waals surface area contributed by atoms with E-state index < -0.39 is 24.3 Å². The Balaban J connectivity index is 4.19. The lowest BCUT2D eigenvalue weighted by Gasteiger charge is -2.26. The number of nitrogens with zero attached hydrogens (tertiary/aromatic N) is 1. The summed E-state index contributed by atoms with van der Waals surface area (Å²) >= 11 is 0. The van der Waals surface area contributed by atoms with Gasteiger partial charge in [0.25, 0.3) is 0 Å². The summed E-state index contributed by atoms with van der Waals surface area (Å²) in [6.07, 6.45) is 79.4. The molecule has 0 aliphatic rings. The number of hydrogen-bond acceptors (Lipinski definition) is 8. The van der Waals surface area contributed by atoms with Gasteiger partial charge in [0.15, 0.2) is 12.4 Å². The van der Waals surface area contributed by atoms with Crippen LogP contribution in [-0.4, -0.2) is 82.3 Å². The Hall–Kier alpha value is -4.57. The van der Waals surface area contributed by atoms with Crippen molar-refractivity contribution in [1.82, 2.24) is 0 Å². The molecule has 0 aromatic heterocycles. The smallest absolute Gasteiger partial charge is 0.306 e. The molecule has 0 fully saturated rings. The van der Waals surface area contributed by atoms with E-state index in [1.165, 1.54) is 64.2 Å². The SMILES string of the molecule is CC/C=C\C/C=C\C/C=C\C/C=C\C/C=C\C/C=C\C/C=C\CCCCCCCCCCCCCCCC(=O)OC(COC(=O)CCCCCC/C=C\C/C=C\C/C=C\C/C=C\CC)COC(OCC[N+](C)(C)C)C(=O)[O-]. The van der Waals surface area contributed by atoms with Gasteiger partial charge in [0.1, 0.15) is 13.2 Å². The molecule has 0 heterocycles. The molecule has 0 amide bonds. The molecule has 0 radical (unpaired) electrons. The molecule has 0 saturated carbocycles. The molecule has 0 aromatic rings. The number of likely N-dealkylation sites (N-methyl/N-ethyl adjacent to an activating group) is 1. The lowest BCUT2D eigenvalue weighted by Crippen LogP contribution is -2.44. The minimum Gasteiger partial charge on any atom is -0.545 e. The summed E-state index contributed by atoms with van der Waals surface area (Å²) in [5.74, 6) is -2.33. The number of carboxylic acid groups (broad SMARTS) is 1. The average Bonchev–Trinajstić information content (AvgIpc) is 3.40. The van der Waals surface area contributed by atoms with E-state index in [4.69, 9.17) is 18.9 Å². The maximum absolute atomic E-state index is 12.9. The van der Waals surface area contributed by atoms with E-state index >= 15 is 0 Å². The van der Waals surface area contributed by atoms with Crippen molar-refractivity contribution < 1.29 is 42.9 Å². The summed E-state index contributed by atoms with van der Waals surface area (Å²) in [7, 11) is 5.90. The minimum atomic E-state index is -1.63. The Bertz CT molecular complexity index is 1720. The largest absolute Gasteiger partial charge is 0.545 e. The quantitative estimate of drug-likeness (QED) is 0.0195. The summed E-state index contributed by atoms with van der Waals surface area (Å²) in [6.45, 7) is 4.47. The number of hydrogen-bond donors (Lipinski definition) is 0. The van der Waals surface area contributed by atoms with E-state index in [1.807, 2.05) is 21.1 Å². The highest BCUT2D eigenvalue weighted by atomic mass is 16.7. The third kappa shape index (κ3) is 58.9. The highest BCUT2D eigenvalue weighted by Gasteiger charge is 2.22. The number of esters is 2. The van der Waals surface area contributed by atoms with Crippen LogP contribution in [0.4, 0.5) is 0 Å². The van der Waals surface area contributed by atoms with Gasteiger partial charge in [0.05, 0.1) is 40.3 Å². The van der Waals surface area contributed by atoms with Gasteiger partial charge in [-0.3, -0.25) is 9.59 Å². The molecular weight excluding hydrogens is 959 g/mol. The molecule has 0 aliphatic heterocycles. The van der Waals surface area contributed by atoms with Gasteiger partial charge in [0, 0.05) is 12.8 Å². The van der Waals surface area contributed by atoms with Crippen molar-refractivity contribution in [3.05, 3.63) is 134 Å². The predicted octanol–water partition coefficient (Wildman–Crippen LogP) is 16.9.